The van der Waals surface area contributed by atoms with E-state index in [1.165, 1.54) is 23.1 Å². The van der Waals surface area contributed by atoms with E-state index in [1.807, 2.05) is 54.6 Å². The molecule has 27 heavy (non-hydrogen) atoms. The number of nitrogens with one attached hydrogen (secondary N) is 1. The van der Waals surface area contributed by atoms with Crippen LogP contribution < -0.4 is 5.32 Å². The zero-order valence-corrected chi connectivity index (χ0v) is 15.9. The van der Waals surface area contributed by atoms with Gasteiger partial charge < -0.3 is 9.84 Å². The van der Waals surface area contributed by atoms with E-state index in [0.717, 1.165) is 14.8 Å². The summed E-state index contributed by atoms with van der Waals surface area (Å²) in [5.41, 5.74) is 4.20. The molecule has 0 aliphatic heterocycles. The fourth-order valence-electron chi connectivity index (χ4n) is 2.54. The lowest BCUT2D eigenvalue weighted by Gasteiger charge is -2.07. The lowest BCUT2D eigenvalue weighted by atomic mass is 10.1. The minimum absolute atomic E-state index is 0.253. The standard InChI is InChI=1S/C19H14N4O2S2/c1-12-16(17(23-25-12)13-5-3-2-4-6-13)18(24)21-14-7-9-15(10-8-14)27-19-22-20-11-26-19/h2-11H,1H3,(H,21,24). The predicted octanol–water partition coefficient (Wildman–Crippen LogP) is 4.91. The molecule has 2 heterocycles. The molecule has 4 aromatic rings. The third-order valence-electron chi connectivity index (χ3n) is 3.79. The zero-order valence-electron chi connectivity index (χ0n) is 14.2. The molecular formula is C19H14N4O2S2. The van der Waals surface area contributed by atoms with Crippen LogP contribution in [0.3, 0.4) is 0 Å². The Kier molecular flexibility index (Phi) is 4.99. The van der Waals surface area contributed by atoms with E-state index in [2.05, 4.69) is 20.7 Å². The molecule has 0 bridgehead atoms. The molecule has 0 aliphatic rings. The molecule has 0 saturated heterocycles. The Morgan fingerprint density at radius 2 is 1.89 bits per heavy atom. The van der Waals surface area contributed by atoms with Gasteiger partial charge in [-0.05, 0) is 31.2 Å². The first-order valence-electron chi connectivity index (χ1n) is 8.08. The predicted molar refractivity (Wildman–Crippen MR) is 105 cm³/mol. The summed E-state index contributed by atoms with van der Waals surface area (Å²) in [6.45, 7) is 1.73. The highest BCUT2D eigenvalue weighted by atomic mass is 32.2. The summed E-state index contributed by atoms with van der Waals surface area (Å²) < 4.78 is 6.14. The van der Waals surface area contributed by atoms with Gasteiger partial charge in [-0.2, -0.15) is 0 Å². The van der Waals surface area contributed by atoms with Gasteiger partial charge >= 0.3 is 0 Å². The second-order valence-corrected chi connectivity index (χ2v) is 7.77. The van der Waals surface area contributed by atoms with Gasteiger partial charge in [-0.3, -0.25) is 4.79 Å². The fourth-order valence-corrected chi connectivity index (χ4v) is 3.99. The van der Waals surface area contributed by atoms with Crippen molar-refractivity contribution in [3.05, 3.63) is 71.4 Å². The van der Waals surface area contributed by atoms with Crippen molar-refractivity contribution in [3.63, 3.8) is 0 Å². The van der Waals surface area contributed by atoms with Crippen LogP contribution in [0.4, 0.5) is 5.69 Å². The molecule has 6 nitrogen and oxygen atoms in total. The molecule has 134 valence electrons. The van der Waals surface area contributed by atoms with E-state index in [0.29, 0.717) is 22.7 Å². The molecule has 8 heteroatoms. The Morgan fingerprint density at radius 1 is 1.11 bits per heavy atom. The summed E-state index contributed by atoms with van der Waals surface area (Å²) >= 11 is 3.01. The number of amides is 1. The largest absolute Gasteiger partial charge is 0.360 e. The SMILES string of the molecule is Cc1onc(-c2ccccc2)c1C(=O)Nc1ccc(Sc2nncs2)cc1. The van der Waals surface area contributed by atoms with Crippen LogP contribution in [0, 0.1) is 6.92 Å². The molecule has 0 radical (unpaired) electrons. The van der Waals surface area contributed by atoms with Crippen molar-refractivity contribution >= 4 is 34.7 Å². The van der Waals surface area contributed by atoms with Gasteiger partial charge in [-0.1, -0.05) is 58.6 Å². The number of rotatable bonds is 5. The number of benzene rings is 2. The van der Waals surface area contributed by atoms with Crippen molar-refractivity contribution < 1.29 is 9.32 Å². The Morgan fingerprint density at radius 3 is 2.59 bits per heavy atom. The van der Waals surface area contributed by atoms with Gasteiger partial charge in [0.05, 0.1) is 0 Å². The van der Waals surface area contributed by atoms with Gasteiger partial charge in [0.1, 0.15) is 22.5 Å². The van der Waals surface area contributed by atoms with E-state index >= 15 is 0 Å². The first-order valence-corrected chi connectivity index (χ1v) is 9.77. The lowest BCUT2D eigenvalue weighted by molar-refractivity contribution is 0.102. The van der Waals surface area contributed by atoms with Crippen molar-refractivity contribution in [3.8, 4) is 11.3 Å². The average molecular weight is 394 g/mol. The number of hydrogen-bond donors (Lipinski definition) is 1. The summed E-state index contributed by atoms with van der Waals surface area (Å²) in [5, 5.41) is 14.8. The number of hydrogen-bond acceptors (Lipinski definition) is 7. The van der Waals surface area contributed by atoms with E-state index in [4.69, 9.17) is 4.52 Å². The van der Waals surface area contributed by atoms with Crippen molar-refractivity contribution in [2.75, 3.05) is 5.32 Å². The number of nitrogens with zero attached hydrogens (tertiary/aromatic N) is 3. The van der Waals surface area contributed by atoms with E-state index < -0.39 is 0 Å². The summed E-state index contributed by atoms with van der Waals surface area (Å²) in [6.07, 6.45) is 0. The monoisotopic (exact) mass is 394 g/mol. The first kappa shape index (κ1) is 17.4. The number of aryl methyl sites for hydroxylation is 1. The third kappa shape index (κ3) is 3.91. The molecule has 0 saturated carbocycles. The van der Waals surface area contributed by atoms with Crippen LogP contribution in [0.15, 0.2) is 73.9 Å². The maximum absolute atomic E-state index is 12.8. The number of carbonyl (C=O) groups is 1. The first-order chi connectivity index (χ1) is 13.2. The van der Waals surface area contributed by atoms with E-state index in [9.17, 15) is 4.79 Å². The highest BCUT2D eigenvalue weighted by Crippen LogP contribution is 2.30. The fraction of sp³-hybridized carbons (Fsp3) is 0.0526. The second-order valence-electron chi connectivity index (χ2n) is 5.61. The van der Waals surface area contributed by atoms with Crippen molar-refractivity contribution in [2.45, 2.75) is 16.2 Å². The topological polar surface area (TPSA) is 80.9 Å². The molecule has 1 N–H and O–H groups in total. The Labute approximate surface area is 163 Å². The number of carbonyl (C=O) groups excluding carboxylic acids is 1. The minimum Gasteiger partial charge on any atom is -0.360 e. The normalized spacial score (nSPS) is 10.7. The molecule has 1 amide bonds. The van der Waals surface area contributed by atoms with Crippen LogP contribution >= 0.6 is 23.1 Å². The molecule has 0 unspecified atom stereocenters. The molecule has 0 spiro atoms. The van der Waals surface area contributed by atoms with Gasteiger partial charge in [-0.25, -0.2) is 0 Å². The van der Waals surface area contributed by atoms with Crippen LogP contribution in [-0.2, 0) is 0 Å². The highest BCUT2D eigenvalue weighted by Gasteiger charge is 2.21. The maximum Gasteiger partial charge on any atom is 0.261 e. The second kappa shape index (κ2) is 7.73. The molecule has 0 aliphatic carbocycles. The minimum atomic E-state index is -0.253. The zero-order chi connectivity index (χ0) is 18.6. The summed E-state index contributed by atoms with van der Waals surface area (Å²) in [7, 11) is 0. The molecule has 2 aromatic carbocycles. The van der Waals surface area contributed by atoms with Crippen LogP contribution in [0.25, 0.3) is 11.3 Å². The van der Waals surface area contributed by atoms with Gasteiger partial charge in [0, 0.05) is 16.1 Å². The lowest BCUT2D eigenvalue weighted by Crippen LogP contribution is -2.13. The quantitative estimate of drug-likeness (QED) is 0.518. The van der Waals surface area contributed by atoms with Gasteiger partial charge in [0.2, 0.25) is 0 Å². The van der Waals surface area contributed by atoms with Crippen molar-refractivity contribution in [1.82, 2.24) is 15.4 Å². The van der Waals surface area contributed by atoms with Gasteiger partial charge in [0.25, 0.3) is 5.91 Å². The van der Waals surface area contributed by atoms with E-state index in [-0.39, 0.29) is 5.91 Å². The van der Waals surface area contributed by atoms with Crippen LogP contribution in [-0.4, -0.2) is 21.3 Å². The number of aromatic nitrogens is 3. The smallest absolute Gasteiger partial charge is 0.261 e. The van der Waals surface area contributed by atoms with Crippen LogP contribution in [0.2, 0.25) is 0 Å². The van der Waals surface area contributed by atoms with Crippen LogP contribution in [0.1, 0.15) is 16.1 Å². The molecular weight excluding hydrogens is 380 g/mol. The maximum atomic E-state index is 12.8. The Bertz CT molecular complexity index is 1050. The molecule has 2 aromatic heterocycles. The molecule has 0 atom stereocenters. The highest BCUT2D eigenvalue weighted by molar-refractivity contribution is 8.01. The van der Waals surface area contributed by atoms with Gasteiger partial charge in [0.15, 0.2) is 4.34 Å². The van der Waals surface area contributed by atoms with Crippen molar-refractivity contribution in [1.29, 1.82) is 0 Å². The van der Waals surface area contributed by atoms with Gasteiger partial charge in [-0.15, -0.1) is 10.2 Å². The summed E-state index contributed by atoms with van der Waals surface area (Å²) in [5.74, 6) is 0.229. The summed E-state index contributed by atoms with van der Waals surface area (Å²) in [6, 6.07) is 17.1. The summed E-state index contributed by atoms with van der Waals surface area (Å²) in [4.78, 5) is 13.8. The molecule has 4 rings (SSSR count). The molecule has 0 fully saturated rings. The van der Waals surface area contributed by atoms with E-state index in [1.54, 1.807) is 12.4 Å². The Balaban J connectivity index is 1.52. The third-order valence-corrected chi connectivity index (χ3v) is 5.58. The average Bonchev–Trinajstić information content (AvgIpc) is 3.33. The number of anilines is 1. The Hall–Kier alpha value is -2.97. The van der Waals surface area contributed by atoms with Crippen molar-refractivity contribution in [2.24, 2.45) is 0 Å². The van der Waals surface area contributed by atoms with Crippen LogP contribution in [0.5, 0.6) is 0 Å².